The minimum atomic E-state index is -1.35. The van der Waals surface area contributed by atoms with Gasteiger partial charge in [-0.05, 0) is 42.5 Å². The summed E-state index contributed by atoms with van der Waals surface area (Å²) in [6.07, 6.45) is 1.47. The Kier molecular flexibility index (Phi) is 3.46. The van der Waals surface area contributed by atoms with Gasteiger partial charge < -0.3 is 23.6 Å². The van der Waals surface area contributed by atoms with Crippen molar-refractivity contribution in [3.8, 4) is 28.5 Å². The van der Waals surface area contributed by atoms with Crippen LogP contribution in [-0.4, -0.2) is 23.2 Å². The first-order chi connectivity index (χ1) is 12.2. The van der Waals surface area contributed by atoms with Crippen molar-refractivity contribution < 1.29 is 23.6 Å². The molecule has 7 nitrogen and oxygen atoms in total. The number of nitrogens with zero attached hydrogens (tertiary/aromatic N) is 2. The number of furan rings is 1. The van der Waals surface area contributed by atoms with Gasteiger partial charge >= 0.3 is 0 Å². The molecular weight excluding hydrogens is 324 g/mol. The highest BCUT2D eigenvalue weighted by Gasteiger charge is 2.20. The molecule has 0 bridgehead atoms. The highest BCUT2D eigenvalue weighted by molar-refractivity contribution is 6.06. The zero-order chi connectivity index (χ0) is 17.4. The number of pyridine rings is 1. The third-order valence-corrected chi connectivity index (χ3v) is 3.81. The van der Waals surface area contributed by atoms with Gasteiger partial charge in [-0.15, -0.1) is 0 Å². The summed E-state index contributed by atoms with van der Waals surface area (Å²) in [4.78, 5) is 16.0. The molecule has 0 unspecified atom stereocenters. The van der Waals surface area contributed by atoms with Crippen molar-refractivity contribution in [2.24, 2.45) is 0 Å². The smallest absolute Gasteiger partial charge is 0.259 e. The summed E-state index contributed by atoms with van der Waals surface area (Å²) in [5.41, 5.74) is 1.44. The van der Waals surface area contributed by atoms with E-state index in [1.165, 1.54) is 12.3 Å². The van der Waals surface area contributed by atoms with Crippen LogP contribution in [0, 0.1) is 0 Å². The van der Waals surface area contributed by atoms with Gasteiger partial charge in [-0.25, -0.2) is 4.98 Å². The van der Waals surface area contributed by atoms with E-state index >= 15 is 0 Å². The molecule has 0 aliphatic carbocycles. The number of carboxylic acids is 1. The molecule has 0 atom stereocenters. The SMILES string of the molecule is COc1ccc(-c2cc(C(=O)[O-])c3c(-c4ccco4)noc3n2)cc1. The molecule has 7 heteroatoms. The quantitative estimate of drug-likeness (QED) is 0.564. The normalized spacial score (nSPS) is 10.9. The van der Waals surface area contributed by atoms with Crippen LogP contribution >= 0.6 is 0 Å². The van der Waals surface area contributed by atoms with Gasteiger partial charge in [0, 0.05) is 11.1 Å². The predicted molar refractivity (Wildman–Crippen MR) is 85.8 cm³/mol. The molecule has 0 radical (unpaired) electrons. The molecule has 0 saturated carbocycles. The maximum Gasteiger partial charge on any atom is 0.259 e. The van der Waals surface area contributed by atoms with Crippen molar-refractivity contribution in [2.75, 3.05) is 7.11 Å². The van der Waals surface area contributed by atoms with Crippen molar-refractivity contribution in [1.29, 1.82) is 0 Å². The lowest BCUT2D eigenvalue weighted by molar-refractivity contribution is -0.254. The van der Waals surface area contributed by atoms with Gasteiger partial charge in [0.05, 0.1) is 30.4 Å². The number of carbonyl (C=O) groups excluding carboxylic acids is 1. The minimum Gasteiger partial charge on any atom is -0.545 e. The second kappa shape index (κ2) is 5.79. The van der Waals surface area contributed by atoms with E-state index in [2.05, 4.69) is 10.1 Å². The molecule has 3 aromatic heterocycles. The van der Waals surface area contributed by atoms with Gasteiger partial charge in [-0.3, -0.25) is 0 Å². The standard InChI is InChI=1S/C18H12N2O5/c1-23-11-6-4-10(5-7-11)13-9-12(18(21)22)15-16(14-3-2-8-24-14)20-25-17(15)19-13/h2-9H,1H3,(H,21,22)/p-1. The first-order valence-electron chi connectivity index (χ1n) is 7.37. The number of aromatic carboxylic acids is 1. The molecule has 0 spiro atoms. The third kappa shape index (κ3) is 2.51. The van der Waals surface area contributed by atoms with E-state index in [1.807, 2.05) is 0 Å². The zero-order valence-electron chi connectivity index (χ0n) is 13.1. The summed E-state index contributed by atoms with van der Waals surface area (Å²) in [7, 11) is 1.57. The predicted octanol–water partition coefficient (Wildman–Crippen LogP) is 2.52. The number of carbonyl (C=O) groups is 1. The third-order valence-electron chi connectivity index (χ3n) is 3.81. The van der Waals surface area contributed by atoms with Gasteiger partial charge in [-0.1, -0.05) is 5.16 Å². The van der Waals surface area contributed by atoms with Crippen molar-refractivity contribution >= 4 is 17.1 Å². The fourth-order valence-electron chi connectivity index (χ4n) is 2.60. The minimum absolute atomic E-state index is 0.0662. The summed E-state index contributed by atoms with van der Waals surface area (Å²) in [6, 6.07) is 11.8. The van der Waals surface area contributed by atoms with E-state index < -0.39 is 5.97 Å². The topological polar surface area (TPSA) is 101 Å². The number of ether oxygens (including phenoxy) is 1. The number of hydrogen-bond acceptors (Lipinski definition) is 7. The van der Waals surface area contributed by atoms with Crippen LogP contribution in [0.5, 0.6) is 5.75 Å². The van der Waals surface area contributed by atoms with Crippen molar-refractivity contribution in [2.45, 2.75) is 0 Å². The summed E-state index contributed by atoms with van der Waals surface area (Å²) in [6.45, 7) is 0. The largest absolute Gasteiger partial charge is 0.545 e. The maximum absolute atomic E-state index is 11.7. The second-order valence-electron chi connectivity index (χ2n) is 5.26. The molecular formula is C18H11N2O5-. The molecule has 0 saturated heterocycles. The Morgan fingerprint density at radius 2 is 2.00 bits per heavy atom. The van der Waals surface area contributed by atoms with Gasteiger partial charge in [0.25, 0.3) is 5.71 Å². The molecule has 25 heavy (non-hydrogen) atoms. The fourth-order valence-corrected chi connectivity index (χ4v) is 2.60. The molecule has 3 heterocycles. The average Bonchev–Trinajstić information content (AvgIpc) is 3.30. The maximum atomic E-state index is 11.7. The summed E-state index contributed by atoms with van der Waals surface area (Å²) < 4.78 is 15.6. The molecule has 0 amide bonds. The van der Waals surface area contributed by atoms with Crippen molar-refractivity contribution in [1.82, 2.24) is 10.1 Å². The molecule has 0 aliphatic heterocycles. The van der Waals surface area contributed by atoms with Gasteiger partial charge in [-0.2, -0.15) is 0 Å². The number of hydrogen-bond donors (Lipinski definition) is 0. The van der Waals surface area contributed by atoms with E-state index in [9.17, 15) is 9.90 Å². The average molecular weight is 335 g/mol. The number of methoxy groups -OCH3 is 1. The Morgan fingerprint density at radius 1 is 1.20 bits per heavy atom. The molecule has 0 aliphatic rings. The fraction of sp³-hybridized carbons (Fsp3) is 0.0556. The van der Waals surface area contributed by atoms with Crippen molar-refractivity contribution in [3.63, 3.8) is 0 Å². The van der Waals surface area contributed by atoms with Crippen LogP contribution in [-0.2, 0) is 0 Å². The highest BCUT2D eigenvalue weighted by atomic mass is 16.5. The molecule has 1 aromatic carbocycles. The first-order valence-corrected chi connectivity index (χ1v) is 7.37. The van der Waals surface area contributed by atoms with Gasteiger partial charge in [0.1, 0.15) is 5.75 Å². The Balaban J connectivity index is 1.92. The van der Waals surface area contributed by atoms with Crippen LogP contribution in [0.4, 0.5) is 0 Å². The number of fused-ring (bicyclic) bond motifs is 1. The Labute approximate surface area is 141 Å². The number of rotatable bonds is 4. The lowest BCUT2D eigenvalue weighted by atomic mass is 10.0. The van der Waals surface area contributed by atoms with E-state index in [-0.39, 0.29) is 22.4 Å². The molecule has 124 valence electrons. The van der Waals surface area contributed by atoms with E-state index in [0.29, 0.717) is 22.8 Å². The summed E-state index contributed by atoms with van der Waals surface area (Å²) in [5, 5.41) is 15.8. The molecule has 0 N–H and O–H groups in total. The number of benzene rings is 1. The Hall–Kier alpha value is -3.61. The number of carboxylic acid groups (broad SMARTS) is 1. The molecule has 4 aromatic rings. The Morgan fingerprint density at radius 3 is 2.64 bits per heavy atom. The van der Waals surface area contributed by atoms with Gasteiger partial charge in [0.2, 0.25) is 0 Å². The van der Waals surface area contributed by atoms with E-state index in [0.717, 1.165) is 0 Å². The van der Waals surface area contributed by atoms with Crippen LogP contribution < -0.4 is 9.84 Å². The van der Waals surface area contributed by atoms with E-state index in [4.69, 9.17) is 13.7 Å². The van der Waals surface area contributed by atoms with Gasteiger partial charge in [0.15, 0.2) is 11.5 Å². The van der Waals surface area contributed by atoms with Crippen LogP contribution in [0.1, 0.15) is 10.4 Å². The molecule has 0 fully saturated rings. The lowest BCUT2D eigenvalue weighted by Gasteiger charge is -2.08. The lowest BCUT2D eigenvalue weighted by Crippen LogP contribution is -2.22. The van der Waals surface area contributed by atoms with Crippen LogP contribution in [0.15, 0.2) is 57.7 Å². The van der Waals surface area contributed by atoms with Crippen LogP contribution in [0.3, 0.4) is 0 Å². The summed E-state index contributed by atoms with van der Waals surface area (Å²) >= 11 is 0. The summed E-state index contributed by atoms with van der Waals surface area (Å²) in [5.74, 6) is -0.275. The molecule has 4 rings (SSSR count). The van der Waals surface area contributed by atoms with E-state index in [1.54, 1.807) is 43.5 Å². The van der Waals surface area contributed by atoms with Crippen molar-refractivity contribution in [3.05, 3.63) is 54.3 Å². The Bertz CT molecular complexity index is 1050. The zero-order valence-corrected chi connectivity index (χ0v) is 13.1. The van der Waals surface area contributed by atoms with Crippen LogP contribution in [0.2, 0.25) is 0 Å². The van der Waals surface area contributed by atoms with Crippen LogP contribution in [0.25, 0.3) is 33.8 Å². The highest BCUT2D eigenvalue weighted by Crippen LogP contribution is 2.32. The number of aromatic nitrogens is 2. The monoisotopic (exact) mass is 335 g/mol. The second-order valence-corrected chi connectivity index (χ2v) is 5.26. The first kappa shape index (κ1) is 14.9.